The van der Waals surface area contributed by atoms with Gasteiger partial charge in [0.25, 0.3) is 5.91 Å². The molecule has 6 nitrogen and oxygen atoms in total. The van der Waals surface area contributed by atoms with Crippen molar-refractivity contribution in [2.24, 2.45) is 5.92 Å². The quantitative estimate of drug-likeness (QED) is 0.752. The van der Waals surface area contributed by atoms with Crippen molar-refractivity contribution < 1.29 is 9.90 Å². The summed E-state index contributed by atoms with van der Waals surface area (Å²) in [6.45, 7) is 3.20. The summed E-state index contributed by atoms with van der Waals surface area (Å²) in [6, 6.07) is 9.55. The molecule has 140 valence electrons. The summed E-state index contributed by atoms with van der Waals surface area (Å²) >= 11 is 1.58. The van der Waals surface area contributed by atoms with Crippen LogP contribution in [0.4, 0.5) is 0 Å². The Balaban J connectivity index is 1.44. The number of hydrogen-bond donors (Lipinski definition) is 1. The van der Waals surface area contributed by atoms with Gasteiger partial charge in [-0.2, -0.15) is 5.10 Å². The zero-order valence-corrected chi connectivity index (χ0v) is 16.0. The molecule has 3 aromatic heterocycles. The first-order valence-corrected chi connectivity index (χ1v) is 10.00. The number of likely N-dealkylation sites (tertiary alicyclic amines) is 1. The van der Waals surface area contributed by atoms with Crippen LogP contribution < -0.4 is 0 Å². The normalized spacial score (nSPS) is 16.4. The number of thiophene rings is 1. The maximum atomic E-state index is 13.0. The number of aromatic nitrogens is 3. The minimum Gasteiger partial charge on any atom is -0.387 e. The van der Waals surface area contributed by atoms with Gasteiger partial charge < -0.3 is 10.0 Å². The van der Waals surface area contributed by atoms with E-state index in [9.17, 15) is 9.90 Å². The van der Waals surface area contributed by atoms with Crippen LogP contribution in [0.5, 0.6) is 0 Å². The highest BCUT2D eigenvalue weighted by atomic mass is 32.1. The van der Waals surface area contributed by atoms with E-state index in [0.29, 0.717) is 24.5 Å². The van der Waals surface area contributed by atoms with Crippen molar-refractivity contribution in [2.45, 2.75) is 25.9 Å². The molecule has 3 aromatic rings. The first-order chi connectivity index (χ1) is 13.1. The van der Waals surface area contributed by atoms with Gasteiger partial charge in [-0.25, -0.2) is 9.67 Å². The molecule has 0 spiro atoms. The molecule has 0 radical (unpaired) electrons. The molecule has 7 heteroatoms. The Labute approximate surface area is 162 Å². The van der Waals surface area contributed by atoms with Gasteiger partial charge in [-0.15, -0.1) is 11.3 Å². The summed E-state index contributed by atoms with van der Waals surface area (Å²) < 4.78 is 1.69. The molecule has 1 atom stereocenters. The van der Waals surface area contributed by atoms with E-state index in [0.717, 1.165) is 23.4 Å². The number of hydrogen-bond acceptors (Lipinski definition) is 5. The number of rotatable bonds is 4. The van der Waals surface area contributed by atoms with Gasteiger partial charge >= 0.3 is 0 Å². The average Bonchev–Trinajstić information content (AvgIpc) is 3.38. The number of piperidine rings is 1. The maximum Gasteiger partial charge on any atom is 0.257 e. The molecule has 1 saturated heterocycles. The summed E-state index contributed by atoms with van der Waals surface area (Å²) in [5.41, 5.74) is 1.40. The lowest BCUT2D eigenvalue weighted by molar-refractivity contribution is 0.0473. The minimum atomic E-state index is -0.434. The highest BCUT2D eigenvalue weighted by Gasteiger charge is 2.30. The van der Waals surface area contributed by atoms with Gasteiger partial charge in [0.05, 0.1) is 23.6 Å². The number of carbonyl (C=O) groups is 1. The molecular weight excluding hydrogens is 360 g/mol. The Hall–Kier alpha value is -2.51. The van der Waals surface area contributed by atoms with Crippen molar-refractivity contribution in [2.75, 3.05) is 13.1 Å². The first kappa shape index (κ1) is 17.9. The molecule has 0 saturated carbocycles. The van der Waals surface area contributed by atoms with E-state index in [1.54, 1.807) is 28.4 Å². The Bertz CT molecular complexity index is 899. The summed E-state index contributed by atoms with van der Waals surface area (Å²) in [4.78, 5) is 20.1. The van der Waals surface area contributed by atoms with E-state index in [4.69, 9.17) is 0 Å². The van der Waals surface area contributed by atoms with E-state index in [1.807, 2.05) is 47.5 Å². The van der Waals surface area contributed by atoms with Gasteiger partial charge in [0.2, 0.25) is 0 Å². The van der Waals surface area contributed by atoms with E-state index in [2.05, 4.69) is 10.1 Å². The fourth-order valence-corrected chi connectivity index (χ4v) is 4.41. The third-order valence-electron chi connectivity index (χ3n) is 5.21. The van der Waals surface area contributed by atoms with Crippen LogP contribution in [0.1, 0.15) is 39.9 Å². The second kappa shape index (κ2) is 7.62. The molecule has 0 aromatic carbocycles. The van der Waals surface area contributed by atoms with Crippen molar-refractivity contribution >= 4 is 17.2 Å². The molecule has 4 rings (SSSR count). The van der Waals surface area contributed by atoms with E-state index >= 15 is 0 Å². The highest BCUT2D eigenvalue weighted by molar-refractivity contribution is 7.10. The number of aliphatic hydroxyl groups excluding tert-OH is 1. The van der Waals surface area contributed by atoms with Crippen LogP contribution in [0, 0.1) is 12.8 Å². The van der Waals surface area contributed by atoms with Crippen molar-refractivity contribution in [1.29, 1.82) is 0 Å². The Morgan fingerprint density at radius 3 is 2.74 bits per heavy atom. The van der Waals surface area contributed by atoms with Crippen LogP contribution >= 0.6 is 11.3 Å². The lowest BCUT2D eigenvalue weighted by Crippen LogP contribution is -2.39. The van der Waals surface area contributed by atoms with Crippen LogP contribution in [0.25, 0.3) is 5.82 Å². The lowest BCUT2D eigenvalue weighted by atomic mass is 9.90. The maximum absolute atomic E-state index is 13.0. The fourth-order valence-electron chi connectivity index (χ4n) is 3.61. The lowest BCUT2D eigenvalue weighted by Gasteiger charge is -2.34. The smallest absolute Gasteiger partial charge is 0.257 e. The highest BCUT2D eigenvalue weighted by Crippen LogP contribution is 2.33. The standard InChI is InChI=1S/C20H22N4O2S/c1-14-16(13-22-24(14)18-6-2-3-9-21-18)20(26)23-10-7-15(8-11-23)19(25)17-5-4-12-27-17/h2-6,9,12-13,15,19,25H,7-8,10-11H2,1H3. The number of nitrogens with zero attached hydrogens (tertiary/aromatic N) is 4. The number of pyridine rings is 1. The van der Waals surface area contributed by atoms with Crippen LogP contribution in [0.3, 0.4) is 0 Å². The van der Waals surface area contributed by atoms with Crippen molar-refractivity contribution in [3.63, 3.8) is 0 Å². The number of aliphatic hydroxyl groups is 1. The molecule has 27 heavy (non-hydrogen) atoms. The van der Waals surface area contributed by atoms with Crippen molar-refractivity contribution in [1.82, 2.24) is 19.7 Å². The van der Waals surface area contributed by atoms with Crippen LogP contribution in [0.15, 0.2) is 48.1 Å². The van der Waals surface area contributed by atoms with Gasteiger partial charge in [-0.3, -0.25) is 4.79 Å². The van der Waals surface area contributed by atoms with E-state index in [1.165, 1.54) is 0 Å². The minimum absolute atomic E-state index is 0.00116. The summed E-state index contributed by atoms with van der Waals surface area (Å²) in [7, 11) is 0. The monoisotopic (exact) mass is 382 g/mol. The Morgan fingerprint density at radius 1 is 1.26 bits per heavy atom. The molecule has 1 aliphatic heterocycles. The Morgan fingerprint density at radius 2 is 2.07 bits per heavy atom. The van der Waals surface area contributed by atoms with Crippen molar-refractivity contribution in [3.05, 3.63) is 64.2 Å². The van der Waals surface area contributed by atoms with Crippen molar-refractivity contribution in [3.8, 4) is 5.82 Å². The zero-order chi connectivity index (χ0) is 18.8. The first-order valence-electron chi connectivity index (χ1n) is 9.12. The topological polar surface area (TPSA) is 71.2 Å². The third-order valence-corrected chi connectivity index (χ3v) is 6.16. The largest absolute Gasteiger partial charge is 0.387 e. The molecule has 1 amide bonds. The molecule has 0 bridgehead atoms. The predicted molar refractivity (Wildman–Crippen MR) is 104 cm³/mol. The number of carbonyl (C=O) groups excluding carboxylic acids is 1. The van der Waals surface area contributed by atoms with Crippen LogP contribution in [0.2, 0.25) is 0 Å². The molecule has 1 N–H and O–H groups in total. The fraction of sp³-hybridized carbons (Fsp3) is 0.350. The average molecular weight is 382 g/mol. The van der Waals surface area contributed by atoms with E-state index in [-0.39, 0.29) is 11.8 Å². The van der Waals surface area contributed by atoms with E-state index < -0.39 is 6.10 Å². The van der Waals surface area contributed by atoms with Crippen LogP contribution in [-0.2, 0) is 0 Å². The van der Waals surface area contributed by atoms with Gasteiger partial charge in [-0.05, 0) is 49.3 Å². The summed E-state index contributed by atoms with van der Waals surface area (Å²) in [5, 5.41) is 16.9. The molecular formula is C20H22N4O2S. The van der Waals surface area contributed by atoms with Gasteiger partial charge in [-0.1, -0.05) is 12.1 Å². The zero-order valence-electron chi connectivity index (χ0n) is 15.2. The summed E-state index contributed by atoms with van der Waals surface area (Å²) in [5.74, 6) is 0.899. The number of amides is 1. The van der Waals surface area contributed by atoms with Gasteiger partial charge in [0.1, 0.15) is 0 Å². The molecule has 1 unspecified atom stereocenters. The molecule has 4 heterocycles. The van der Waals surface area contributed by atoms with Gasteiger partial charge in [0, 0.05) is 24.2 Å². The Kier molecular flexibility index (Phi) is 5.05. The predicted octanol–water partition coefficient (Wildman–Crippen LogP) is 3.22. The SMILES string of the molecule is Cc1c(C(=O)N2CCC(C(O)c3cccs3)CC2)cnn1-c1ccccn1. The third kappa shape index (κ3) is 3.52. The second-order valence-corrected chi connectivity index (χ2v) is 7.81. The molecule has 1 fully saturated rings. The second-order valence-electron chi connectivity index (χ2n) is 6.83. The molecule has 0 aliphatic carbocycles. The summed E-state index contributed by atoms with van der Waals surface area (Å²) in [6.07, 6.45) is 4.51. The molecule has 1 aliphatic rings. The van der Waals surface area contributed by atoms with Crippen LogP contribution in [-0.4, -0.2) is 43.8 Å². The van der Waals surface area contributed by atoms with Gasteiger partial charge in [0.15, 0.2) is 5.82 Å².